The highest BCUT2D eigenvalue weighted by Gasteiger charge is 2.16. The minimum Gasteiger partial charge on any atom is -0.253 e. The van der Waals surface area contributed by atoms with E-state index in [1.807, 2.05) is 30.5 Å². The van der Waals surface area contributed by atoms with Crippen LogP contribution in [0.2, 0.25) is 0 Å². The Balaban J connectivity index is 2.39. The smallest absolute Gasteiger partial charge is 0.0890 e. The Labute approximate surface area is 101 Å². The number of alkyl halides is 1. The maximum atomic E-state index is 6.23. The summed E-state index contributed by atoms with van der Waals surface area (Å²) in [6.45, 7) is 4.18. The van der Waals surface area contributed by atoms with Crippen LogP contribution in [0.1, 0.15) is 31.9 Å². The van der Waals surface area contributed by atoms with Gasteiger partial charge in [-0.1, -0.05) is 26.0 Å². The maximum absolute atomic E-state index is 6.23. The number of fused-ring (bicyclic) bond motifs is 1. The van der Waals surface area contributed by atoms with Crippen LogP contribution in [0.15, 0.2) is 30.5 Å². The molecule has 1 heterocycles. The highest BCUT2D eigenvalue weighted by molar-refractivity contribution is 6.21. The van der Waals surface area contributed by atoms with E-state index in [-0.39, 0.29) is 11.3 Å². The fourth-order valence-corrected chi connectivity index (χ4v) is 1.86. The van der Waals surface area contributed by atoms with Gasteiger partial charge in [0.05, 0.1) is 16.7 Å². The van der Waals surface area contributed by atoms with E-state index in [0.29, 0.717) is 0 Å². The van der Waals surface area contributed by atoms with Gasteiger partial charge in [0.2, 0.25) is 0 Å². The summed E-state index contributed by atoms with van der Waals surface area (Å²) in [5.41, 5.74) is 2.84. The molecule has 0 aliphatic heterocycles. The highest BCUT2D eigenvalue weighted by Crippen LogP contribution is 2.24. The Hall–Kier alpha value is -1.15. The number of aromatic nitrogens is 2. The Morgan fingerprint density at radius 1 is 1.25 bits per heavy atom. The standard InChI is InChI=1S/C13H15ClN2/c1-3-10(14)9(2)13-8-15-11-6-4-5-7-12(11)16-13/h4-10H,3H2,1-2H3. The zero-order valence-corrected chi connectivity index (χ0v) is 10.3. The molecule has 2 aromatic rings. The van der Waals surface area contributed by atoms with Crippen LogP contribution < -0.4 is 0 Å². The van der Waals surface area contributed by atoms with Gasteiger partial charge in [0.1, 0.15) is 0 Å². The average molecular weight is 235 g/mol. The maximum Gasteiger partial charge on any atom is 0.0890 e. The Bertz CT molecular complexity index is 484. The van der Waals surface area contributed by atoms with Crippen molar-refractivity contribution in [2.45, 2.75) is 31.6 Å². The zero-order valence-electron chi connectivity index (χ0n) is 9.52. The molecule has 3 heteroatoms. The molecule has 0 bridgehead atoms. The summed E-state index contributed by atoms with van der Waals surface area (Å²) in [4.78, 5) is 9.00. The number of rotatable bonds is 3. The van der Waals surface area contributed by atoms with Crippen LogP contribution in [-0.4, -0.2) is 15.3 Å². The van der Waals surface area contributed by atoms with Crippen molar-refractivity contribution in [3.05, 3.63) is 36.2 Å². The van der Waals surface area contributed by atoms with Gasteiger partial charge in [-0.05, 0) is 18.6 Å². The molecule has 84 valence electrons. The predicted octanol–water partition coefficient (Wildman–Crippen LogP) is 3.75. The van der Waals surface area contributed by atoms with Gasteiger partial charge >= 0.3 is 0 Å². The molecule has 1 aromatic carbocycles. The van der Waals surface area contributed by atoms with Crippen molar-refractivity contribution in [3.63, 3.8) is 0 Å². The largest absolute Gasteiger partial charge is 0.253 e. The molecule has 0 saturated heterocycles. The third-order valence-corrected chi connectivity index (χ3v) is 3.55. The van der Waals surface area contributed by atoms with Gasteiger partial charge in [-0.15, -0.1) is 11.6 Å². The lowest BCUT2D eigenvalue weighted by atomic mass is 10.0. The zero-order chi connectivity index (χ0) is 11.5. The van der Waals surface area contributed by atoms with Crippen molar-refractivity contribution in [2.24, 2.45) is 0 Å². The summed E-state index contributed by atoms with van der Waals surface area (Å²) >= 11 is 6.23. The Morgan fingerprint density at radius 2 is 1.94 bits per heavy atom. The third kappa shape index (κ3) is 2.17. The van der Waals surface area contributed by atoms with Crippen molar-refractivity contribution < 1.29 is 0 Å². The first-order chi connectivity index (χ1) is 7.72. The van der Waals surface area contributed by atoms with Crippen LogP contribution in [0.5, 0.6) is 0 Å². The second-order valence-corrected chi connectivity index (χ2v) is 4.56. The minimum atomic E-state index is 0.121. The summed E-state index contributed by atoms with van der Waals surface area (Å²) in [5, 5.41) is 0.121. The van der Waals surface area contributed by atoms with Gasteiger partial charge in [0.15, 0.2) is 0 Å². The second kappa shape index (κ2) is 4.79. The Morgan fingerprint density at radius 3 is 2.62 bits per heavy atom. The van der Waals surface area contributed by atoms with Crippen molar-refractivity contribution in [3.8, 4) is 0 Å². The fraction of sp³-hybridized carbons (Fsp3) is 0.385. The van der Waals surface area contributed by atoms with Gasteiger partial charge in [-0.2, -0.15) is 0 Å². The van der Waals surface area contributed by atoms with Gasteiger partial charge in [0, 0.05) is 17.5 Å². The molecule has 1 aromatic heterocycles. The van der Waals surface area contributed by atoms with E-state index in [9.17, 15) is 0 Å². The quantitative estimate of drug-likeness (QED) is 0.756. The van der Waals surface area contributed by atoms with E-state index in [4.69, 9.17) is 11.6 Å². The molecule has 0 amide bonds. The van der Waals surface area contributed by atoms with Gasteiger partial charge in [-0.3, -0.25) is 4.98 Å². The summed E-state index contributed by atoms with van der Waals surface area (Å²) in [5.74, 6) is 0.240. The first kappa shape index (κ1) is 11.3. The lowest BCUT2D eigenvalue weighted by Gasteiger charge is -2.15. The molecule has 2 rings (SSSR count). The molecule has 2 unspecified atom stereocenters. The summed E-state index contributed by atoms with van der Waals surface area (Å²) in [6.07, 6.45) is 2.77. The number of para-hydroxylation sites is 2. The number of hydrogen-bond acceptors (Lipinski definition) is 2. The molecule has 16 heavy (non-hydrogen) atoms. The van der Waals surface area contributed by atoms with Crippen molar-refractivity contribution in [1.29, 1.82) is 0 Å². The molecule has 0 N–H and O–H groups in total. The SMILES string of the molecule is CCC(Cl)C(C)c1cnc2ccccc2n1. The average Bonchev–Trinajstić information content (AvgIpc) is 2.36. The topological polar surface area (TPSA) is 25.8 Å². The van der Waals surface area contributed by atoms with Crippen LogP contribution >= 0.6 is 11.6 Å². The first-order valence-electron chi connectivity index (χ1n) is 5.58. The van der Waals surface area contributed by atoms with Crippen LogP contribution in [0.4, 0.5) is 0 Å². The van der Waals surface area contributed by atoms with E-state index in [2.05, 4.69) is 23.8 Å². The molecule has 0 aliphatic rings. The van der Waals surface area contributed by atoms with Crippen molar-refractivity contribution in [1.82, 2.24) is 9.97 Å². The fourth-order valence-electron chi connectivity index (χ4n) is 1.73. The van der Waals surface area contributed by atoms with Gasteiger partial charge in [0.25, 0.3) is 0 Å². The molecule has 2 nitrogen and oxygen atoms in total. The van der Waals surface area contributed by atoms with E-state index in [1.54, 1.807) is 0 Å². The molecular formula is C13H15ClN2. The van der Waals surface area contributed by atoms with Crippen molar-refractivity contribution >= 4 is 22.6 Å². The minimum absolute atomic E-state index is 0.121. The van der Waals surface area contributed by atoms with Crippen LogP contribution in [0.25, 0.3) is 11.0 Å². The second-order valence-electron chi connectivity index (χ2n) is 4.00. The van der Waals surface area contributed by atoms with E-state index < -0.39 is 0 Å². The predicted molar refractivity (Wildman–Crippen MR) is 67.9 cm³/mol. The Kier molecular flexibility index (Phi) is 3.39. The van der Waals surface area contributed by atoms with E-state index >= 15 is 0 Å². The molecule has 0 saturated carbocycles. The van der Waals surface area contributed by atoms with Gasteiger partial charge in [-0.25, -0.2) is 4.98 Å². The van der Waals surface area contributed by atoms with Crippen molar-refractivity contribution in [2.75, 3.05) is 0 Å². The molecule has 0 radical (unpaired) electrons. The molecule has 0 aliphatic carbocycles. The summed E-state index contributed by atoms with van der Waals surface area (Å²) < 4.78 is 0. The molecule has 0 fully saturated rings. The van der Waals surface area contributed by atoms with Gasteiger partial charge < -0.3 is 0 Å². The van der Waals surface area contributed by atoms with E-state index in [0.717, 1.165) is 23.1 Å². The molecule has 0 spiro atoms. The highest BCUT2D eigenvalue weighted by atomic mass is 35.5. The lowest BCUT2D eigenvalue weighted by molar-refractivity contribution is 0.656. The van der Waals surface area contributed by atoms with Crippen LogP contribution in [0.3, 0.4) is 0 Å². The first-order valence-corrected chi connectivity index (χ1v) is 6.01. The lowest BCUT2D eigenvalue weighted by Crippen LogP contribution is -2.10. The van der Waals surface area contributed by atoms with Crippen LogP contribution in [-0.2, 0) is 0 Å². The molecular weight excluding hydrogens is 220 g/mol. The van der Waals surface area contributed by atoms with E-state index in [1.165, 1.54) is 0 Å². The number of nitrogens with zero attached hydrogens (tertiary/aromatic N) is 2. The normalized spacial score (nSPS) is 14.9. The number of benzene rings is 1. The van der Waals surface area contributed by atoms with Crippen LogP contribution in [0, 0.1) is 0 Å². The molecule has 2 atom stereocenters. The summed E-state index contributed by atoms with van der Waals surface area (Å²) in [6, 6.07) is 7.89. The summed E-state index contributed by atoms with van der Waals surface area (Å²) in [7, 11) is 0. The number of halogens is 1. The third-order valence-electron chi connectivity index (χ3n) is 2.87. The number of hydrogen-bond donors (Lipinski definition) is 0. The monoisotopic (exact) mass is 234 g/mol.